The normalized spacial score (nSPS) is 16.3. The number of carbonyl (C=O) groups is 1. The van der Waals surface area contributed by atoms with Crippen LogP contribution in [0.2, 0.25) is 0 Å². The molecule has 1 aliphatic rings. The van der Waals surface area contributed by atoms with E-state index < -0.39 is 0 Å². The van der Waals surface area contributed by atoms with E-state index in [9.17, 15) is 4.79 Å². The maximum absolute atomic E-state index is 11.4. The summed E-state index contributed by atoms with van der Waals surface area (Å²) in [6.45, 7) is 4.94. The summed E-state index contributed by atoms with van der Waals surface area (Å²) in [5, 5.41) is 16.6. The lowest BCUT2D eigenvalue weighted by Gasteiger charge is -2.06. The minimum atomic E-state index is -0.0445. The molecule has 1 fully saturated rings. The lowest BCUT2D eigenvalue weighted by atomic mass is 10.3. The molecule has 1 heterocycles. The van der Waals surface area contributed by atoms with Crippen molar-refractivity contribution in [2.45, 2.75) is 38.8 Å². The van der Waals surface area contributed by atoms with Gasteiger partial charge in [-0.2, -0.15) is 0 Å². The van der Waals surface area contributed by atoms with Gasteiger partial charge in [0.2, 0.25) is 11.8 Å². The zero-order valence-corrected chi connectivity index (χ0v) is 10.7. The van der Waals surface area contributed by atoms with Gasteiger partial charge in [0.1, 0.15) is 0 Å². The van der Waals surface area contributed by atoms with Gasteiger partial charge in [0.05, 0.1) is 12.6 Å². The Hall–Kier alpha value is -1.63. The summed E-state index contributed by atoms with van der Waals surface area (Å²) in [6.07, 6.45) is 2.16. The molecule has 1 aliphatic carbocycles. The zero-order valence-electron chi connectivity index (χ0n) is 10.7. The third-order valence-electron chi connectivity index (χ3n) is 2.66. The summed E-state index contributed by atoms with van der Waals surface area (Å²) in [5.41, 5.74) is 0. The summed E-state index contributed by atoms with van der Waals surface area (Å²) < 4.78 is 5.39. The first-order valence-corrected chi connectivity index (χ1v) is 6.29. The van der Waals surface area contributed by atoms with Gasteiger partial charge in [0.15, 0.2) is 0 Å². The van der Waals surface area contributed by atoms with Crippen molar-refractivity contribution in [1.82, 2.24) is 20.8 Å². The highest BCUT2D eigenvalue weighted by atomic mass is 16.4. The maximum Gasteiger partial charge on any atom is 0.315 e. The van der Waals surface area contributed by atoms with Crippen LogP contribution in [0.1, 0.15) is 38.6 Å². The van der Waals surface area contributed by atoms with Gasteiger partial charge < -0.3 is 20.4 Å². The van der Waals surface area contributed by atoms with Crippen molar-refractivity contribution in [2.24, 2.45) is 0 Å². The molecular weight excluding hydrogens is 234 g/mol. The van der Waals surface area contributed by atoms with Crippen LogP contribution in [0.3, 0.4) is 0 Å². The summed E-state index contributed by atoms with van der Waals surface area (Å²) in [6, 6.07) is 0.658. The van der Waals surface area contributed by atoms with E-state index >= 15 is 0 Å². The fraction of sp³-hybridized carbons (Fsp3) is 0.727. The Balaban J connectivity index is 1.76. The van der Waals surface area contributed by atoms with Crippen LogP contribution in [0.15, 0.2) is 4.42 Å². The number of nitrogens with one attached hydrogen (secondary N) is 3. The van der Waals surface area contributed by atoms with Gasteiger partial charge in [-0.1, -0.05) is 12.0 Å². The highest BCUT2D eigenvalue weighted by molar-refractivity contribution is 5.80. The fourth-order valence-corrected chi connectivity index (χ4v) is 1.54. The minimum absolute atomic E-state index is 0.0124. The Morgan fingerprint density at radius 1 is 1.50 bits per heavy atom. The van der Waals surface area contributed by atoms with Crippen molar-refractivity contribution in [3.63, 3.8) is 0 Å². The number of hydrogen-bond acceptors (Lipinski definition) is 6. The molecule has 1 aromatic rings. The van der Waals surface area contributed by atoms with Crippen LogP contribution >= 0.6 is 0 Å². The minimum Gasteiger partial charge on any atom is -0.406 e. The highest BCUT2D eigenvalue weighted by Gasteiger charge is 2.23. The van der Waals surface area contributed by atoms with Crippen LogP contribution in [0, 0.1) is 0 Å². The Morgan fingerprint density at radius 3 is 2.94 bits per heavy atom. The topological polar surface area (TPSA) is 92.1 Å². The predicted molar refractivity (Wildman–Crippen MR) is 66.0 cm³/mol. The van der Waals surface area contributed by atoms with Crippen molar-refractivity contribution in [3.8, 4) is 0 Å². The molecule has 1 unspecified atom stereocenters. The molecule has 0 spiro atoms. The number of aromatic nitrogens is 2. The van der Waals surface area contributed by atoms with Crippen LogP contribution in [-0.2, 0) is 4.79 Å². The molecule has 2 rings (SSSR count). The molecule has 0 saturated heterocycles. The molecule has 3 N–H and O–H groups in total. The van der Waals surface area contributed by atoms with Crippen molar-refractivity contribution in [1.29, 1.82) is 0 Å². The second-order valence-electron chi connectivity index (χ2n) is 4.42. The van der Waals surface area contributed by atoms with Crippen molar-refractivity contribution >= 4 is 11.9 Å². The lowest BCUT2D eigenvalue weighted by Crippen LogP contribution is -2.31. The molecule has 100 valence electrons. The van der Waals surface area contributed by atoms with Gasteiger partial charge in [-0.25, -0.2) is 0 Å². The highest BCUT2D eigenvalue weighted by Crippen LogP contribution is 2.18. The third-order valence-corrected chi connectivity index (χ3v) is 2.66. The Morgan fingerprint density at radius 2 is 2.28 bits per heavy atom. The van der Waals surface area contributed by atoms with Crippen molar-refractivity contribution in [2.75, 3.05) is 18.4 Å². The van der Waals surface area contributed by atoms with Crippen LogP contribution in [0.5, 0.6) is 0 Å². The molecule has 0 aliphatic heterocycles. The quantitative estimate of drug-likeness (QED) is 0.652. The molecule has 0 aromatic carbocycles. The van der Waals surface area contributed by atoms with E-state index in [0.717, 1.165) is 19.4 Å². The molecule has 1 atom stereocenters. The largest absolute Gasteiger partial charge is 0.406 e. The number of anilines is 1. The van der Waals surface area contributed by atoms with E-state index in [0.29, 0.717) is 11.9 Å². The average molecular weight is 253 g/mol. The second-order valence-corrected chi connectivity index (χ2v) is 4.42. The first-order chi connectivity index (χ1) is 8.69. The average Bonchev–Trinajstić information content (AvgIpc) is 3.02. The van der Waals surface area contributed by atoms with Gasteiger partial charge >= 0.3 is 6.01 Å². The predicted octanol–water partition coefficient (Wildman–Crippen LogP) is 0.431. The van der Waals surface area contributed by atoms with E-state index in [2.05, 4.69) is 26.1 Å². The standard InChI is InChI=1S/C11H19N5O2/c1-3-12-7(2)10-15-16-11(18-10)13-6-9(17)14-8-4-5-8/h7-8,12H,3-6H2,1-2H3,(H,13,16)(H,14,17). The van der Waals surface area contributed by atoms with E-state index in [1.807, 2.05) is 13.8 Å². The smallest absolute Gasteiger partial charge is 0.315 e. The van der Waals surface area contributed by atoms with Crippen molar-refractivity contribution < 1.29 is 9.21 Å². The molecule has 7 heteroatoms. The molecule has 1 saturated carbocycles. The number of amides is 1. The van der Waals surface area contributed by atoms with Crippen LogP contribution < -0.4 is 16.0 Å². The fourth-order valence-electron chi connectivity index (χ4n) is 1.54. The van der Waals surface area contributed by atoms with Gasteiger partial charge in [-0.15, -0.1) is 5.10 Å². The second kappa shape index (κ2) is 5.81. The van der Waals surface area contributed by atoms with Gasteiger partial charge in [0, 0.05) is 6.04 Å². The summed E-state index contributed by atoms with van der Waals surface area (Å²) in [4.78, 5) is 11.4. The molecule has 7 nitrogen and oxygen atoms in total. The van der Waals surface area contributed by atoms with Gasteiger partial charge in [-0.05, 0) is 26.3 Å². The lowest BCUT2D eigenvalue weighted by molar-refractivity contribution is -0.119. The monoisotopic (exact) mass is 253 g/mol. The molecule has 0 bridgehead atoms. The van der Waals surface area contributed by atoms with E-state index in [1.54, 1.807) is 0 Å². The van der Waals surface area contributed by atoms with Crippen LogP contribution in [-0.4, -0.2) is 35.2 Å². The Kier molecular flexibility index (Phi) is 4.14. The number of hydrogen-bond donors (Lipinski definition) is 3. The first-order valence-electron chi connectivity index (χ1n) is 6.29. The molecule has 1 amide bonds. The SMILES string of the molecule is CCNC(C)c1nnc(NCC(=O)NC2CC2)o1. The molecule has 18 heavy (non-hydrogen) atoms. The Bertz CT molecular complexity index is 402. The summed E-state index contributed by atoms with van der Waals surface area (Å²) in [7, 11) is 0. The van der Waals surface area contributed by atoms with Gasteiger partial charge in [0.25, 0.3) is 0 Å². The Labute approximate surface area is 106 Å². The third kappa shape index (κ3) is 3.69. The summed E-state index contributed by atoms with van der Waals surface area (Å²) in [5.74, 6) is 0.471. The summed E-state index contributed by atoms with van der Waals surface area (Å²) >= 11 is 0. The van der Waals surface area contributed by atoms with E-state index in [1.165, 1.54) is 0 Å². The van der Waals surface area contributed by atoms with E-state index in [4.69, 9.17) is 4.42 Å². The molecule has 1 aromatic heterocycles. The zero-order chi connectivity index (χ0) is 13.0. The van der Waals surface area contributed by atoms with Gasteiger partial charge in [-0.3, -0.25) is 4.79 Å². The number of rotatable bonds is 7. The maximum atomic E-state index is 11.4. The molecule has 0 radical (unpaired) electrons. The molecular formula is C11H19N5O2. The van der Waals surface area contributed by atoms with Crippen LogP contribution in [0.25, 0.3) is 0 Å². The first kappa shape index (κ1) is 12.8. The number of nitrogens with zero attached hydrogens (tertiary/aromatic N) is 2. The number of carbonyl (C=O) groups excluding carboxylic acids is 1. The van der Waals surface area contributed by atoms with Crippen LogP contribution in [0.4, 0.5) is 6.01 Å². The van der Waals surface area contributed by atoms with Crippen molar-refractivity contribution in [3.05, 3.63) is 5.89 Å². The van der Waals surface area contributed by atoms with E-state index in [-0.39, 0.29) is 24.5 Å².